The Kier molecular flexibility index (Phi) is 9.31. The van der Waals surface area contributed by atoms with Gasteiger partial charge in [0, 0.05) is 49.7 Å². The van der Waals surface area contributed by atoms with E-state index in [0.29, 0.717) is 30.4 Å². The minimum absolute atomic E-state index is 0.501. The molecule has 6 aromatic rings. The van der Waals surface area contributed by atoms with E-state index in [2.05, 4.69) is 48.2 Å². The number of nitrogens with zero attached hydrogens (tertiary/aromatic N) is 9. The lowest BCUT2D eigenvalue weighted by Gasteiger charge is -2.13. The molecule has 6 heterocycles. The Morgan fingerprint density at radius 1 is 0.837 bits per heavy atom. The van der Waals surface area contributed by atoms with Crippen molar-refractivity contribution in [3.05, 3.63) is 77.3 Å². The summed E-state index contributed by atoms with van der Waals surface area (Å²) in [6.45, 7) is 7.25. The lowest BCUT2D eigenvalue weighted by atomic mass is 10.3. The lowest BCUT2D eigenvalue weighted by Crippen LogP contribution is -2.39. The Balaban J connectivity index is 1.13. The van der Waals surface area contributed by atoms with Crippen LogP contribution in [-0.4, -0.2) is 49.5 Å². The maximum atomic E-state index is 5.22. The summed E-state index contributed by atoms with van der Waals surface area (Å²) < 4.78 is 4.55. The van der Waals surface area contributed by atoms with Crippen molar-refractivity contribution in [2.24, 2.45) is 4.99 Å². The summed E-state index contributed by atoms with van der Waals surface area (Å²) in [5, 5.41) is 6.18. The van der Waals surface area contributed by atoms with Crippen molar-refractivity contribution in [2.45, 2.75) is 101 Å². The Hall–Kier alpha value is -4.30. The number of anilines is 1. The van der Waals surface area contributed by atoms with Crippen LogP contribution in [0.25, 0.3) is 22.3 Å². The molecule has 2 saturated carbocycles. The number of hydrogen-bond donors (Lipinski definition) is 3. The number of aromatic amines is 2. The average molecular weight is 694 g/mol. The first kappa shape index (κ1) is 31.9. The summed E-state index contributed by atoms with van der Waals surface area (Å²) in [5.41, 5.74) is 6.75. The highest BCUT2D eigenvalue weighted by atomic mass is 32.2. The van der Waals surface area contributed by atoms with E-state index >= 15 is 0 Å². The van der Waals surface area contributed by atoms with Crippen LogP contribution in [0, 0.1) is 0 Å². The third-order valence-electron chi connectivity index (χ3n) is 8.82. The monoisotopic (exact) mass is 693 g/mol. The van der Waals surface area contributed by atoms with Gasteiger partial charge in [-0.05, 0) is 85.7 Å². The van der Waals surface area contributed by atoms with Crippen LogP contribution in [-0.2, 0) is 26.2 Å². The molecule has 2 aliphatic rings. The van der Waals surface area contributed by atoms with Crippen molar-refractivity contribution in [1.82, 2.24) is 44.4 Å². The second-order valence-electron chi connectivity index (χ2n) is 12.7. The van der Waals surface area contributed by atoms with E-state index in [1.165, 1.54) is 25.7 Å². The molecule has 0 amide bonds. The van der Waals surface area contributed by atoms with Gasteiger partial charge in [-0.15, -0.1) is 0 Å². The van der Waals surface area contributed by atoms with Crippen LogP contribution in [0.5, 0.6) is 0 Å². The number of nitrogens with one attached hydrogen (secondary N) is 3. The molecule has 0 spiro atoms. The number of fused-ring (bicyclic) bond motifs is 2. The van der Waals surface area contributed by atoms with Crippen molar-refractivity contribution >= 4 is 51.7 Å². The number of aromatic nitrogens is 10. The molecule has 0 saturated heterocycles. The zero-order chi connectivity index (χ0) is 33.2. The van der Waals surface area contributed by atoms with Crippen molar-refractivity contribution in [2.75, 3.05) is 10.4 Å². The van der Waals surface area contributed by atoms with Crippen molar-refractivity contribution < 1.29 is 4.57 Å². The van der Waals surface area contributed by atoms with E-state index in [4.69, 9.17) is 24.9 Å². The van der Waals surface area contributed by atoms with Crippen LogP contribution >= 0.6 is 23.5 Å². The fourth-order valence-corrected chi connectivity index (χ4v) is 8.02. The molecule has 8 rings (SSSR count). The molecule has 2 fully saturated rings. The highest BCUT2D eigenvalue weighted by Crippen LogP contribution is 2.40. The Morgan fingerprint density at radius 3 is 2.22 bits per heavy atom. The number of imidazole rings is 2. The fourth-order valence-electron chi connectivity index (χ4n) is 5.96. The predicted molar refractivity (Wildman–Crippen MR) is 192 cm³/mol. The SMILES string of the molecule is CCCn1c(SCSc2nc(NCc3ccncc3)c3[nH]c(C4CC4)nc3[n+]2CCC)nc(=NCc2ccncc2)c2[nH]c(C3CC3)nc21. The van der Waals surface area contributed by atoms with Gasteiger partial charge in [-0.25, -0.2) is 14.5 Å². The fraction of sp³-hybridized carbons (Fsp3) is 0.429. The minimum Gasteiger partial charge on any atom is -0.350 e. The number of aryl methyl sites for hydroxylation is 2. The molecule has 0 bridgehead atoms. The average Bonchev–Trinajstić information content (AvgIpc) is 4.07. The molecule has 14 heteroatoms. The standard InChI is InChI=1S/C35H40N12S2/c1-3-17-46-32-26(40-28(42-32)24-5-6-24)30(38-19-22-9-13-36-14-10-22)44-34(46)48-21-49-35-45-31(39-20-23-11-15-37-16-12-23)27-33(47(35)18-4-2)43-29(41-27)25-7-8-25/h9-16,24-25H,3-8,17-21H2,1-2H3,(H2,38,39,40,41,42,43)/p+1. The molecule has 12 nitrogen and oxygen atoms in total. The maximum Gasteiger partial charge on any atom is 0.302 e. The topological polar surface area (TPSA) is 142 Å². The number of pyridine rings is 2. The minimum atomic E-state index is 0.501. The number of hydrogen-bond acceptors (Lipinski definition) is 10. The van der Waals surface area contributed by atoms with E-state index in [9.17, 15) is 0 Å². The third-order valence-corrected chi connectivity index (χ3v) is 10.9. The van der Waals surface area contributed by atoms with E-state index < -0.39 is 0 Å². The largest absolute Gasteiger partial charge is 0.350 e. The first-order chi connectivity index (χ1) is 24.2. The van der Waals surface area contributed by atoms with Gasteiger partial charge in [0.1, 0.15) is 11.3 Å². The highest BCUT2D eigenvalue weighted by molar-refractivity contribution is 8.15. The van der Waals surface area contributed by atoms with Gasteiger partial charge in [-0.1, -0.05) is 35.6 Å². The highest BCUT2D eigenvalue weighted by Gasteiger charge is 2.33. The first-order valence-corrected chi connectivity index (χ1v) is 19.3. The van der Waals surface area contributed by atoms with Gasteiger partial charge in [0.25, 0.3) is 5.65 Å². The van der Waals surface area contributed by atoms with Crippen LogP contribution in [0.15, 0.2) is 64.4 Å². The summed E-state index contributed by atoms with van der Waals surface area (Å²) in [6, 6.07) is 8.05. The van der Waals surface area contributed by atoms with Gasteiger partial charge >= 0.3 is 5.16 Å². The Labute approximate surface area is 293 Å². The van der Waals surface area contributed by atoms with Gasteiger partial charge in [0.2, 0.25) is 5.82 Å². The number of H-pyrrole nitrogens is 2. The second kappa shape index (κ2) is 14.3. The van der Waals surface area contributed by atoms with E-state index in [0.717, 1.165) is 92.3 Å². The van der Waals surface area contributed by atoms with Crippen LogP contribution in [0.1, 0.15) is 87.0 Å². The van der Waals surface area contributed by atoms with Crippen molar-refractivity contribution in [3.63, 3.8) is 0 Å². The quantitative estimate of drug-likeness (QED) is 0.0493. The number of thioether (sulfide) groups is 2. The normalized spacial score (nSPS) is 15.1. The summed E-state index contributed by atoms with van der Waals surface area (Å²) in [7, 11) is 0. The van der Waals surface area contributed by atoms with Gasteiger partial charge in [-0.3, -0.25) is 15.0 Å². The Morgan fingerprint density at radius 2 is 1.53 bits per heavy atom. The zero-order valence-electron chi connectivity index (χ0n) is 27.9. The molecule has 2 aliphatic carbocycles. The molecule has 0 aromatic carbocycles. The predicted octanol–water partition coefficient (Wildman–Crippen LogP) is 6.24. The maximum absolute atomic E-state index is 5.22. The van der Waals surface area contributed by atoms with Crippen molar-refractivity contribution in [1.29, 1.82) is 0 Å². The second-order valence-corrected chi connectivity index (χ2v) is 15.0. The number of rotatable bonds is 15. The summed E-state index contributed by atoms with van der Waals surface area (Å²) in [6.07, 6.45) is 13.9. The molecule has 3 N–H and O–H groups in total. The third kappa shape index (κ3) is 7.07. The van der Waals surface area contributed by atoms with Crippen molar-refractivity contribution in [3.8, 4) is 0 Å². The zero-order valence-corrected chi connectivity index (χ0v) is 29.5. The van der Waals surface area contributed by atoms with Crippen LogP contribution in [0.3, 0.4) is 0 Å². The van der Waals surface area contributed by atoms with Gasteiger partial charge in [0.05, 0.1) is 18.2 Å². The molecule has 0 aliphatic heterocycles. The summed E-state index contributed by atoms with van der Waals surface area (Å²) in [4.78, 5) is 41.2. The molecular formula is C35H41N12S2+. The summed E-state index contributed by atoms with van der Waals surface area (Å²) in [5.74, 6) is 3.95. The van der Waals surface area contributed by atoms with Crippen LogP contribution in [0.4, 0.5) is 5.82 Å². The molecule has 6 aromatic heterocycles. The van der Waals surface area contributed by atoms with E-state index in [1.54, 1.807) is 35.9 Å². The molecule has 49 heavy (non-hydrogen) atoms. The van der Waals surface area contributed by atoms with E-state index in [-0.39, 0.29) is 0 Å². The van der Waals surface area contributed by atoms with Gasteiger partial charge < -0.3 is 19.9 Å². The first-order valence-electron chi connectivity index (χ1n) is 17.3. The Bertz CT molecular complexity index is 2130. The van der Waals surface area contributed by atoms with Gasteiger partial charge in [-0.2, -0.15) is 0 Å². The smallest absolute Gasteiger partial charge is 0.302 e. The lowest BCUT2D eigenvalue weighted by molar-refractivity contribution is -0.713. The molecule has 252 valence electrons. The molecular weight excluding hydrogens is 653 g/mol. The molecule has 0 atom stereocenters. The molecule has 0 radical (unpaired) electrons. The molecule has 0 unspecified atom stereocenters. The van der Waals surface area contributed by atoms with E-state index in [1.807, 2.05) is 36.7 Å². The van der Waals surface area contributed by atoms with Crippen LogP contribution in [0.2, 0.25) is 0 Å². The van der Waals surface area contributed by atoms with Gasteiger partial charge in [0.15, 0.2) is 27.6 Å². The summed E-state index contributed by atoms with van der Waals surface area (Å²) >= 11 is 3.44. The van der Waals surface area contributed by atoms with Crippen LogP contribution < -0.4 is 15.4 Å².